The second kappa shape index (κ2) is 10.7. The van der Waals surface area contributed by atoms with E-state index in [-0.39, 0.29) is 33.4 Å². The smallest absolute Gasteiger partial charge is 0.348 e. The Hall–Kier alpha value is -4.02. The Morgan fingerprint density at radius 3 is 2.53 bits per heavy atom. The molecule has 2 heterocycles. The monoisotopic (exact) mass is 523 g/mol. The van der Waals surface area contributed by atoms with E-state index in [2.05, 4.69) is 20.8 Å². The summed E-state index contributed by atoms with van der Waals surface area (Å²) in [6, 6.07) is 15.1. The number of rotatable bonds is 7. The van der Waals surface area contributed by atoms with Crippen LogP contribution in [0.3, 0.4) is 0 Å². The first kappa shape index (κ1) is 25.1. The number of thiophene rings is 1. The van der Waals surface area contributed by atoms with Gasteiger partial charge in [0.2, 0.25) is 0 Å². The third kappa shape index (κ3) is 5.29. The third-order valence-electron chi connectivity index (χ3n) is 5.24. The molecule has 0 saturated carbocycles. The molecule has 0 saturated heterocycles. The van der Waals surface area contributed by atoms with E-state index in [0.717, 1.165) is 16.9 Å². The van der Waals surface area contributed by atoms with Crippen molar-refractivity contribution in [3.05, 3.63) is 92.8 Å². The van der Waals surface area contributed by atoms with Gasteiger partial charge in [-0.05, 0) is 49.7 Å². The van der Waals surface area contributed by atoms with Gasteiger partial charge in [-0.25, -0.2) is 9.59 Å². The van der Waals surface area contributed by atoms with Crippen LogP contribution in [0.1, 0.15) is 42.8 Å². The maximum absolute atomic E-state index is 13.5. The molecular weight excluding hydrogens is 502 g/mol. The second-order valence-electron chi connectivity index (χ2n) is 7.81. The number of esters is 1. The Labute approximate surface area is 216 Å². The molecule has 0 atom stereocenters. The summed E-state index contributed by atoms with van der Waals surface area (Å²) in [5, 5.41) is 14.5. The molecule has 184 valence electrons. The molecule has 0 bridgehead atoms. The van der Waals surface area contributed by atoms with E-state index in [4.69, 9.17) is 16.3 Å². The van der Waals surface area contributed by atoms with Crippen molar-refractivity contribution in [2.45, 2.75) is 20.4 Å². The lowest BCUT2D eigenvalue weighted by molar-refractivity contribution is 0.0606. The minimum atomic E-state index is -0.581. The van der Waals surface area contributed by atoms with Gasteiger partial charge in [0.15, 0.2) is 11.6 Å². The molecule has 4 aromatic rings. The summed E-state index contributed by atoms with van der Waals surface area (Å²) in [5.74, 6) is -0.107. The van der Waals surface area contributed by atoms with Crippen LogP contribution in [0.4, 0.5) is 10.5 Å². The molecule has 0 fully saturated rings. The molecule has 0 spiro atoms. The quantitative estimate of drug-likeness (QED) is 0.262. The largest absolute Gasteiger partial charge is 0.465 e. The number of anilines is 1. The fourth-order valence-electron chi connectivity index (χ4n) is 3.54. The lowest BCUT2D eigenvalue weighted by atomic mass is 10.0. The van der Waals surface area contributed by atoms with Crippen LogP contribution in [0.15, 0.2) is 54.6 Å². The van der Waals surface area contributed by atoms with Crippen molar-refractivity contribution >= 4 is 46.4 Å². The van der Waals surface area contributed by atoms with Gasteiger partial charge in [-0.3, -0.25) is 9.36 Å². The molecule has 0 aliphatic carbocycles. The number of hydrogen-bond acceptors (Lipinski definition) is 7. The van der Waals surface area contributed by atoms with E-state index in [9.17, 15) is 14.4 Å². The molecule has 4 rings (SSSR count). The minimum absolute atomic E-state index is 0.0175. The number of carbonyl (C=O) groups is 3. The van der Waals surface area contributed by atoms with Crippen LogP contribution < -0.4 is 10.6 Å². The van der Waals surface area contributed by atoms with Crippen LogP contribution in [-0.4, -0.2) is 39.7 Å². The molecule has 11 heteroatoms. The van der Waals surface area contributed by atoms with Gasteiger partial charge >= 0.3 is 12.0 Å². The standard InChI is InChI=1S/C25H22ClN5O4S/c1-14-7-6-8-16(11-14)28-25(34)27-13-21-30-29-15(2)31(21)23-18(12-20(36-23)24(33)35-3)22(32)17-9-4-5-10-19(17)26/h4-12H,13H2,1-3H3,(H2,27,28,34). The van der Waals surface area contributed by atoms with Crippen molar-refractivity contribution in [3.63, 3.8) is 0 Å². The fraction of sp³-hybridized carbons (Fsp3) is 0.160. The van der Waals surface area contributed by atoms with Crippen LogP contribution in [0.25, 0.3) is 5.00 Å². The van der Waals surface area contributed by atoms with Crippen LogP contribution in [0.5, 0.6) is 0 Å². The van der Waals surface area contributed by atoms with Crippen molar-refractivity contribution in [1.82, 2.24) is 20.1 Å². The minimum Gasteiger partial charge on any atom is -0.465 e. The second-order valence-corrected chi connectivity index (χ2v) is 9.24. The van der Waals surface area contributed by atoms with Crippen LogP contribution in [0.2, 0.25) is 5.02 Å². The normalized spacial score (nSPS) is 10.7. The van der Waals surface area contributed by atoms with Crippen molar-refractivity contribution < 1.29 is 19.1 Å². The highest BCUT2D eigenvalue weighted by molar-refractivity contribution is 7.16. The van der Waals surface area contributed by atoms with E-state index in [1.807, 2.05) is 25.1 Å². The van der Waals surface area contributed by atoms with Gasteiger partial charge in [0.05, 0.1) is 24.2 Å². The van der Waals surface area contributed by atoms with E-state index in [1.54, 1.807) is 41.8 Å². The predicted molar refractivity (Wildman–Crippen MR) is 137 cm³/mol. The molecule has 0 aliphatic heterocycles. The van der Waals surface area contributed by atoms with Gasteiger partial charge in [-0.15, -0.1) is 21.5 Å². The van der Waals surface area contributed by atoms with Gasteiger partial charge in [0.1, 0.15) is 15.7 Å². The number of aromatic nitrogens is 3. The highest BCUT2D eigenvalue weighted by Gasteiger charge is 2.26. The van der Waals surface area contributed by atoms with E-state index in [1.165, 1.54) is 13.2 Å². The first-order valence-corrected chi connectivity index (χ1v) is 12.0. The number of nitrogens with zero attached hydrogens (tertiary/aromatic N) is 3. The number of urea groups is 1. The van der Waals surface area contributed by atoms with Gasteiger partial charge < -0.3 is 15.4 Å². The van der Waals surface area contributed by atoms with Gasteiger partial charge in [-0.1, -0.05) is 35.9 Å². The lowest BCUT2D eigenvalue weighted by Crippen LogP contribution is -2.29. The molecule has 0 unspecified atom stereocenters. The average molecular weight is 524 g/mol. The molecule has 2 amide bonds. The topological polar surface area (TPSA) is 115 Å². The number of hydrogen-bond donors (Lipinski definition) is 2. The Morgan fingerprint density at radius 1 is 1.03 bits per heavy atom. The number of ketones is 1. The van der Waals surface area contributed by atoms with Gasteiger partial charge in [-0.2, -0.15) is 0 Å². The molecular formula is C25H22ClN5O4S. The maximum atomic E-state index is 13.5. The molecule has 2 aromatic carbocycles. The third-order valence-corrected chi connectivity index (χ3v) is 6.67. The fourth-order valence-corrected chi connectivity index (χ4v) is 4.91. The zero-order chi connectivity index (χ0) is 25.8. The number of methoxy groups -OCH3 is 1. The van der Waals surface area contributed by atoms with E-state index < -0.39 is 12.0 Å². The Balaban J connectivity index is 1.66. The van der Waals surface area contributed by atoms with Crippen LogP contribution in [-0.2, 0) is 11.3 Å². The zero-order valence-corrected chi connectivity index (χ0v) is 21.2. The van der Waals surface area contributed by atoms with Crippen LogP contribution in [0, 0.1) is 13.8 Å². The maximum Gasteiger partial charge on any atom is 0.348 e. The Kier molecular flexibility index (Phi) is 7.47. The number of aryl methyl sites for hydroxylation is 2. The number of benzene rings is 2. The van der Waals surface area contributed by atoms with Gasteiger partial charge in [0.25, 0.3) is 0 Å². The van der Waals surface area contributed by atoms with E-state index >= 15 is 0 Å². The summed E-state index contributed by atoms with van der Waals surface area (Å²) < 4.78 is 6.50. The first-order valence-electron chi connectivity index (χ1n) is 10.8. The molecule has 0 aliphatic rings. The summed E-state index contributed by atoms with van der Waals surface area (Å²) in [4.78, 5) is 38.5. The molecule has 0 radical (unpaired) electrons. The zero-order valence-electron chi connectivity index (χ0n) is 19.7. The summed E-state index contributed by atoms with van der Waals surface area (Å²) >= 11 is 7.33. The first-order chi connectivity index (χ1) is 17.3. The van der Waals surface area contributed by atoms with Crippen LogP contribution >= 0.6 is 22.9 Å². The summed E-state index contributed by atoms with van der Waals surface area (Å²) in [5.41, 5.74) is 2.19. The molecule has 36 heavy (non-hydrogen) atoms. The molecule has 2 aromatic heterocycles. The number of amides is 2. The van der Waals surface area contributed by atoms with E-state index in [0.29, 0.717) is 22.3 Å². The number of nitrogens with one attached hydrogen (secondary N) is 2. The number of halogens is 1. The lowest BCUT2D eigenvalue weighted by Gasteiger charge is -2.11. The molecule has 2 N–H and O–H groups in total. The SMILES string of the molecule is COC(=O)c1cc(C(=O)c2ccccc2Cl)c(-n2c(C)nnc2CNC(=O)Nc2cccc(C)c2)s1. The predicted octanol–water partition coefficient (Wildman–Crippen LogP) is 4.94. The highest BCUT2D eigenvalue weighted by atomic mass is 35.5. The Bertz CT molecular complexity index is 1460. The summed E-state index contributed by atoms with van der Waals surface area (Å²) in [6.45, 7) is 3.66. The Morgan fingerprint density at radius 2 is 1.81 bits per heavy atom. The summed E-state index contributed by atoms with van der Waals surface area (Å²) in [7, 11) is 1.27. The van der Waals surface area contributed by atoms with Crippen molar-refractivity contribution in [1.29, 1.82) is 0 Å². The molecule has 9 nitrogen and oxygen atoms in total. The highest BCUT2D eigenvalue weighted by Crippen LogP contribution is 2.32. The summed E-state index contributed by atoms with van der Waals surface area (Å²) in [6.07, 6.45) is 0. The number of ether oxygens (including phenoxy) is 1. The van der Waals surface area contributed by atoms with Crippen molar-refractivity contribution in [2.24, 2.45) is 0 Å². The van der Waals surface area contributed by atoms with Crippen molar-refractivity contribution in [3.8, 4) is 5.00 Å². The van der Waals surface area contributed by atoms with Gasteiger partial charge in [0, 0.05) is 11.3 Å². The number of carbonyl (C=O) groups excluding carboxylic acids is 3. The average Bonchev–Trinajstić information content (AvgIpc) is 3.45. The van der Waals surface area contributed by atoms with Crippen molar-refractivity contribution in [2.75, 3.05) is 12.4 Å².